The van der Waals surface area contributed by atoms with Crippen LogP contribution in [0.5, 0.6) is 0 Å². The van der Waals surface area contributed by atoms with E-state index in [0.29, 0.717) is 11.3 Å². The fourth-order valence-corrected chi connectivity index (χ4v) is 1.79. The van der Waals surface area contributed by atoms with Crippen molar-refractivity contribution < 1.29 is 19.8 Å². The highest BCUT2D eigenvalue weighted by Gasteiger charge is 2.26. The summed E-state index contributed by atoms with van der Waals surface area (Å²) in [6.07, 6.45) is 0. The maximum Gasteiger partial charge on any atom is 0.326 e. The zero-order valence-corrected chi connectivity index (χ0v) is 11.3. The van der Waals surface area contributed by atoms with Gasteiger partial charge in [0.05, 0.1) is 17.2 Å². The van der Waals surface area contributed by atoms with Crippen molar-refractivity contribution in [2.45, 2.75) is 19.9 Å². The first-order valence-electron chi connectivity index (χ1n) is 6.09. The van der Waals surface area contributed by atoms with Crippen molar-refractivity contribution in [3.63, 3.8) is 0 Å². The highest BCUT2D eigenvalue weighted by atomic mass is 16.4. The molecular weight excluding hydrogens is 260 g/mol. The number of aliphatic carboxylic acids is 2. The second kappa shape index (κ2) is 6.57. The van der Waals surface area contributed by atoms with Gasteiger partial charge in [0.2, 0.25) is 0 Å². The maximum absolute atomic E-state index is 11.2. The molecule has 0 saturated carbocycles. The summed E-state index contributed by atoms with van der Waals surface area (Å²) in [4.78, 5) is 23.6. The van der Waals surface area contributed by atoms with Crippen LogP contribution in [0.25, 0.3) is 0 Å². The van der Waals surface area contributed by atoms with E-state index >= 15 is 0 Å². The van der Waals surface area contributed by atoms with Crippen LogP contribution in [0.3, 0.4) is 0 Å². The first-order valence-corrected chi connectivity index (χ1v) is 6.09. The number of para-hydroxylation sites is 1. The third-order valence-electron chi connectivity index (χ3n) is 3.05. The number of hydrogen-bond acceptors (Lipinski definition) is 4. The van der Waals surface area contributed by atoms with Gasteiger partial charge in [0.1, 0.15) is 12.1 Å². The molecule has 2 atom stereocenters. The minimum absolute atomic E-state index is 0.0154. The van der Waals surface area contributed by atoms with Gasteiger partial charge in [-0.05, 0) is 19.1 Å². The van der Waals surface area contributed by atoms with Gasteiger partial charge in [-0.15, -0.1) is 0 Å². The number of carboxylic acids is 2. The minimum atomic E-state index is -1.07. The number of rotatable bonds is 6. The Hall–Kier alpha value is -2.55. The molecule has 20 heavy (non-hydrogen) atoms. The smallest absolute Gasteiger partial charge is 0.326 e. The lowest BCUT2D eigenvalue weighted by molar-refractivity contribution is -0.142. The van der Waals surface area contributed by atoms with E-state index in [-0.39, 0.29) is 6.54 Å². The Morgan fingerprint density at radius 1 is 1.25 bits per heavy atom. The number of nitrogens with zero attached hydrogens (tertiary/aromatic N) is 2. The molecule has 0 aliphatic carbocycles. The molecule has 6 nitrogen and oxygen atoms in total. The van der Waals surface area contributed by atoms with Gasteiger partial charge in [0.25, 0.3) is 0 Å². The van der Waals surface area contributed by atoms with Crippen LogP contribution in [-0.4, -0.2) is 34.7 Å². The molecule has 0 bridgehead atoms. The van der Waals surface area contributed by atoms with Crippen LogP contribution in [0.1, 0.15) is 19.4 Å². The topological polar surface area (TPSA) is 102 Å². The molecule has 0 heterocycles. The molecule has 1 aromatic rings. The SMILES string of the molecule is CC(CN(c1ccccc1C#N)C(C)C(=O)O)C(=O)O. The number of anilines is 1. The third kappa shape index (κ3) is 3.48. The fourth-order valence-electron chi connectivity index (χ4n) is 1.79. The van der Waals surface area contributed by atoms with Gasteiger partial charge >= 0.3 is 11.9 Å². The molecular formula is C14H16N2O4. The molecule has 0 aliphatic rings. The van der Waals surface area contributed by atoms with Crippen LogP contribution in [0.2, 0.25) is 0 Å². The van der Waals surface area contributed by atoms with Gasteiger partial charge in [-0.25, -0.2) is 4.79 Å². The van der Waals surface area contributed by atoms with Gasteiger partial charge in [0.15, 0.2) is 0 Å². The summed E-state index contributed by atoms with van der Waals surface area (Å²) in [5.41, 5.74) is 0.746. The second-order valence-electron chi connectivity index (χ2n) is 4.53. The first-order chi connectivity index (χ1) is 9.38. The van der Waals surface area contributed by atoms with Crippen molar-refractivity contribution in [1.82, 2.24) is 0 Å². The van der Waals surface area contributed by atoms with E-state index in [0.717, 1.165) is 0 Å². The molecule has 0 radical (unpaired) electrons. The average molecular weight is 276 g/mol. The molecule has 0 spiro atoms. The summed E-state index contributed by atoms with van der Waals surface area (Å²) in [6, 6.07) is 7.61. The molecule has 0 amide bonds. The van der Waals surface area contributed by atoms with E-state index in [1.54, 1.807) is 24.3 Å². The summed E-state index contributed by atoms with van der Waals surface area (Å²) in [5, 5.41) is 27.2. The minimum Gasteiger partial charge on any atom is -0.481 e. The number of hydrogen-bond donors (Lipinski definition) is 2. The van der Waals surface area contributed by atoms with E-state index in [2.05, 4.69) is 0 Å². The molecule has 0 aliphatic heterocycles. The average Bonchev–Trinajstić information content (AvgIpc) is 2.43. The molecule has 6 heteroatoms. The monoisotopic (exact) mass is 276 g/mol. The summed E-state index contributed by atoms with van der Waals surface area (Å²) in [5.74, 6) is -2.83. The lowest BCUT2D eigenvalue weighted by Gasteiger charge is -2.30. The third-order valence-corrected chi connectivity index (χ3v) is 3.05. The van der Waals surface area contributed by atoms with Crippen LogP contribution in [0.4, 0.5) is 5.69 Å². The van der Waals surface area contributed by atoms with Crippen molar-refractivity contribution in [3.05, 3.63) is 29.8 Å². The predicted octanol–water partition coefficient (Wildman–Crippen LogP) is 1.56. The van der Waals surface area contributed by atoms with Crippen LogP contribution in [0, 0.1) is 17.2 Å². The Morgan fingerprint density at radius 3 is 2.35 bits per heavy atom. The molecule has 0 aromatic heterocycles. The van der Waals surface area contributed by atoms with E-state index in [1.807, 2.05) is 6.07 Å². The number of nitriles is 1. The quantitative estimate of drug-likeness (QED) is 0.817. The molecule has 2 unspecified atom stereocenters. The molecule has 1 aromatic carbocycles. The summed E-state index contributed by atoms with van der Waals surface area (Å²) < 4.78 is 0. The lowest BCUT2D eigenvalue weighted by atomic mass is 10.1. The van der Waals surface area contributed by atoms with Crippen molar-refractivity contribution in [1.29, 1.82) is 5.26 Å². The van der Waals surface area contributed by atoms with Gasteiger partial charge in [-0.2, -0.15) is 5.26 Å². The van der Waals surface area contributed by atoms with E-state index in [9.17, 15) is 9.59 Å². The van der Waals surface area contributed by atoms with Gasteiger partial charge in [0, 0.05) is 6.54 Å². The fraction of sp³-hybridized carbons (Fsp3) is 0.357. The van der Waals surface area contributed by atoms with Gasteiger partial charge in [-0.3, -0.25) is 4.79 Å². The van der Waals surface area contributed by atoms with Crippen molar-refractivity contribution in [2.24, 2.45) is 5.92 Å². The number of carbonyl (C=O) groups is 2. The summed E-state index contributed by atoms with van der Waals surface area (Å²) in [7, 11) is 0. The van der Waals surface area contributed by atoms with Crippen molar-refractivity contribution in [3.8, 4) is 6.07 Å². The molecule has 0 saturated heterocycles. The highest BCUT2D eigenvalue weighted by molar-refractivity contribution is 5.79. The Balaban J connectivity index is 3.20. The maximum atomic E-state index is 11.2. The molecule has 1 rings (SSSR count). The zero-order chi connectivity index (χ0) is 15.3. The Bertz CT molecular complexity index is 550. The molecule has 2 N–H and O–H groups in total. The largest absolute Gasteiger partial charge is 0.481 e. The Kier molecular flexibility index (Phi) is 5.09. The predicted molar refractivity (Wildman–Crippen MR) is 72.4 cm³/mol. The number of benzene rings is 1. The standard InChI is InChI=1S/C14H16N2O4/c1-9(13(17)18)8-16(10(2)14(19)20)12-6-4-3-5-11(12)7-15/h3-6,9-10H,8H2,1-2H3,(H,17,18)(H,19,20). The van der Waals surface area contributed by atoms with Gasteiger partial charge < -0.3 is 15.1 Å². The number of carboxylic acid groups (broad SMARTS) is 2. The first kappa shape index (κ1) is 15.5. The van der Waals surface area contributed by atoms with Crippen LogP contribution < -0.4 is 4.90 Å². The van der Waals surface area contributed by atoms with E-state index in [4.69, 9.17) is 15.5 Å². The zero-order valence-electron chi connectivity index (χ0n) is 11.3. The molecule has 106 valence electrons. The van der Waals surface area contributed by atoms with Crippen LogP contribution in [-0.2, 0) is 9.59 Å². The van der Waals surface area contributed by atoms with Crippen LogP contribution in [0.15, 0.2) is 24.3 Å². The highest BCUT2D eigenvalue weighted by Crippen LogP contribution is 2.23. The summed E-state index contributed by atoms with van der Waals surface area (Å²) >= 11 is 0. The molecule has 0 fully saturated rings. The van der Waals surface area contributed by atoms with E-state index < -0.39 is 23.9 Å². The van der Waals surface area contributed by atoms with Gasteiger partial charge in [-0.1, -0.05) is 19.1 Å². The summed E-state index contributed by atoms with van der Waals surface area (Å²) in [6.45, 7) is 2.98. The lowest BCUT2D eigenvalue weighted by Crippen LogP contribution is -2.43. The Labute approximate surface area is 116 Å². The van der Waals surface area contributed by atoms with E-state index in [1.165, 1.54) is 18.7 Å². The normalized spacial score (nSPS) is 13.1. The second-order valence-corrected chi connectivity index (χ2v) is 4.53. The van der Waals surface area contributed by atoms with Crippen molar-refractivity contribution >= 4 is 17.6 Å². The van der Waals surface area contributed by atoms with Crippen molar-refractivity contribution in [2.75, 3.05) is 11.4 Å². The van der Waals surface area contributed by atoms with Crippen LogP contribution >= 0.6 is 0 Å². The Morgan fingerprint density at radius 2 is 1.85 bits per heavy atom.